The molecule has 2 atom stereocenters. The van der Waals surface area contributed by atoms with Crippen molar-refractivity contribution >= 4 is 11.8 Å². The van der Waals surface area contributed by atoms with Gasteiger partial charge in [0, 0.05) is 13.5 Å². The summed E-state index contributed by atoms with van der Waals surface area (Å²) in [6, 6.07) is 0. The molecule has 0 N–H and O–H groups in total. The Balaban J connectivity index is 3.06. The molecule has 1 aliphatic heterocycles. The molecule has 28 heavy (non-hydrogen) atoms. The van der Waals surface area contributed by atoms with Crippen molar-refractivity contribution < 1.29 is 9.59 Å². The first-order valence-corrected chi connectivity index (χ1v) is 10.7. The van der Waals surface area contributed by atoms with E-state index in [4.69, 9.17) is 0 Å². The van der Waals surface area contributed by atoms with Crippen molar-refractivity contribution in [1.82, 2.24) is 4.90 Å². The van der Waals surface area contributed by atoms with Crippen LogP contribution in [-0.4, -0.2) is 23.8 Å². The summed E-state index contributed by atoms with van der Waals surface area (Å²) in [5.74, 6) is -0.373. The number of imide groups is 1. The first kappa shape index (κ1) is 24.9. The molecule has 0 saturated carbocycles. The Hall–Kier alpha value is -1.12. The quantitative estimate of drug-likeness (QED) is 0.351. The second-order valence-corrected chi connectivity index (χ2v) is 12.8. The second-order valence-electron chi connectivity index (χ2n) is 12.8. The van der Waals surface area contributed by atoms with Gasteiger partial charge in [0.1, 0.15) is 0 Å². The number of hydrogen-bond donors (Lipinski definition) is 0. The number of nitrogens with zero attached hydrogens (tertiary/aromatic N) is 1. The lowest BCUT2D eigenvalue weighted by atomic mass is 9.59. The van der Waals surface area contributed by atoms with Gasteiger partial charge in [-0.2, -0.15) is 0 Å². The van der Waals surface area contributed by atoms with Gasteiger partial charge in [0.25, 0.3) is 0 Å². The summed E-state index contributed by atoms with van der Waals surface area (Å²) in [6.07, 6.45) is 3.61. The standard InChI is InChI=1S/C25H45NO2/c1-17(2)20(18-13-19(27)26(12)21(18)28)25(10,11)16-24(8,9)15-23(6,7)14-22(3,4)5/h18,20H,1,13-16H2,2-12H3. The van der Waals surface area contributed by atoms with E-state index < -0.39 is 0 Å². The molecular weight excluding hydrogens is 346 g/mol. The maximum atomic E-state index is 12.7. The van der Waals surface area contributed by atoms with Gasteiger partial charge in [-0.25, -0.2) is 0 Å². The molecule has 1 fully saturated rings. The van der Waals surface area contributed by atoms with Crippen LogP contribution in [0, 0.1) is 33.5 Å². The van der Waals surface area contributed by atoms with E-state index in [0.717, 1.165) is 18.4 Å². The van der Waals surface area contributed by atoms with Crippen molar-refractivity contribution in [3.63, 3.8) is 0 Å². The SMILES string of the molecule is C=C(C)C(C1CC(=O)N(C)C1=O)C(C)(C)CC(C)(C)CC(C)(C)CC(C)(C)C. The highest BCUT2D eigenvalue weighted by molar-refractivity contribution is 6.03. The normalized spacial score (nSPS) is 20.7. The van der Waals surface area contributed by atoms with E-state index in [-0.39, 0.29) is 39.9 Å². The van der Waals surface area contributed by atoms with Crippen molar-refractivity contribution in [2.24, 2.45) is 33.5 Å². The van der Waals surface area contributed by atoms with Crippen LogP contribution in [-0.2, 0) is 9.59 Å². The Kier molecular flexibility index (Phi) is 7.08. The van der Waals surface area contributed by atoms with E-state index >= 15 is 0 Å². The molecule has 0 aromatic heterocycles. The molecule has 0 bridgehead atoms. The molecule has 3 nitrogen and oxygen atoms in total. The lowest BCUT2D eigenvalue weighted by Gasteiger charge is -2.46. The van der Waals surface area contributed by atoms with E-state index in [2.05, 4.69) is 68.9 Å². The predicted octanol–water partition coefficient (Wildman–Crippen LogP) is 6.48. The molecule has 162 valence electrons. The highest BCUT2D eigenvalue weighted by Gasteiger charge is 2.48. The molecule has 1 heterocycles. The summed E-state index contributed by atoms with van der Waals surface area (Å²) < 4.78 is 0. The average molecular weight is 392 g/mol. The third-order valence-corrected chi connectivity index (χ3v) is 6.09. The molecule has 1 rings (SSSR count). The van der Waals surface area contributed by atoms with Crippen LogP contribution in [0.25, 0.3) is 0 Å². The van der Waals surface area contributed by atoms with E-state index in [1.807, 2.05) is 6.92 Å². The smallest absolute Gasteiger partial charge is 0.233 e. The van der Waals surface area contributed by atoms with Gasteiger partial charge in [0.05, 0.1) is 5.92 Å². The van der Waals surface area contributed by atoms with Crippen molar-refractivity contribution in [1.29, 1.82) is 0 Å². The summed E-state index contributed by atoms with van der Waals surface area (Å²) >= 11 is 0. The molecule has 1 saturated heterocycles. The first-order chi connectivity index (χ1) is 12.3. The van der Waals surface area contributed by atoms with Gasteiger partial charge in [-0.3, -0.25) is 14.5 Å². The Morgan fingerprint density at radius 2 is 1.43 bits per heavy atom. The third-order valence-electron chi connectivity index (χ3n) is 6.09. The minimum atomic E-state index is -0.275. The lowest BCUT2D eigenvalue weighted by molar-refractivity contribution is -0.138. The zero-order valence-corrected chi connectivity index (χ0v) is 20.5. The number of hydrogen-bond acceptors (Lipinski definition) is 2. The zero-order chi connectivity index (χ0) is 22.3. The average Bonchev–Trinajstić information content (AvgIpc) is 2.59. The number of amides is 2. The largest absolute Gasteiger partial charge is 0.285 e. The maximum Gasteiger partial charge on any atom is 0.233 e. The van der Waals surface area contributed by atoms with Gasteiger partial charge in [-0.15, -0.1) is 0 Å². The number of carbonyl (C=O) groups excluding carboxylic acids is 2. The van der Waals surface area contributed by atoms with Crippen LogP contribution in [0.15, 0.2) is 12.2 Å². The third kappa shape index (κ3) is 6.46. The Morgan fingerprint density at radius 1 is 0.964 bits per heavy atom. The molecule has 0 aliphatic carbocycles. The van der Waals surface area contributed by atoms with Crippen molar-refractivity contribution in [2.45, 2.75) is 94.9 Å². The Bertz CT molecular complexity index is 619. The first-order valence-electron chi connectivity index (χ1n) is 10.7. The summed E-state index contributed by atoms with van der Waals surface area (Å²) in [5, 5.41) is 0. The van der Waals surface area contributed by atoms with Gasteiger partial charge in [-0.05, 0) is 53.8 Å². The summed E-state index contributed by atoms with van der Waals surface area (Å²) in [6.45, 7) is 27.1. The number of likely N-dealkylation sites (tertiary alicyclic amines) is 1. The van der Waals surface area contributed by atoms with Crippen LogP contribution in [0.1, 0.15) is 94.9 Å². The summed E-state index contributed by atoms with van der Waals surface area (Å²) in [5.41, 5.74) is 1.57. The molecule has 0 spiro atoms. The number of carbonyl (C=O) groups is 2. The molecule has 0 aromatic carbocycles. The van der Waals surface area contributed by atoms with Crippen LogP contribution in [0.4, 0.5) is 0 Å². The van der Waals surface area contributed by atoms with E-state index in [1.54, 1.807) is 7.05 Å². The molecule has 3 heteroatoms. The van der Waals surface area contributed by atoms with Gasteiger partial charge in [0.2, 0.25) is 11.8 Å². The highest BCUT2D eigenvalue weighted by atomic mass is 16.2. The van der Waals surface area contributed by atoms with Crippen LogP contribution < -0.4 is 0 Å². The molecular formula is C25H45NO2. The highest BCUT2D eigenvalue weighted by Crippen LogP contribution is 2.51. The summed E-state index contributed by atoms with van der Waals surface area (Å²) in [4.78, 5) is 26.2. The van der Waals surface area contributed by atoms with Crippen LogP contribution in [0.3, 0.4) is 0 Å². The molecule has 2 unspecified atom stereocenters. The Labute approximate surface area is 174 Å². The molecule has 0 radical (unpaired) electrons. The monoisotopic (exact) mass is 391 g/mol. The van der Waals surface area contributed by atoms with E-state index in [1.165, 1.54) is 11.3 Å². The zero-order valence-electron chi connectivity index (χ0n) is 20.5. The van der Waals surface area contributed by atoms with Gasteiger partial charge >= 0.3 is 0 Å². The fourth-order valence-electron chi connectivity index (χ4n) is 6.80. The maximum absolute atomic E-state index is 12.7. The predicted molar refractivity (Wildman–Crippen MR) is 119 cm³/mol. The van der Waals surface area contributed by atoms with Crippen molar-refractivity contribution in [3.8, 4) is 0 Å². The lowest BCUT2D eigenvalue weighted by Crippen LogP contribution is -2.39. The van der Waals surface area contributed by atoms with Crippen LogP contribution in [0.2, 0.25) is 0 Å². The van der Waals surface area contributed by atoms with Crippen molar-refractivity contribution in [2.75, 3.05) is 7.05 Å². The van der Waals surface area contributed by atoms with Crippen molar-refractivity contribution in [3.05, 3.63) is 12.2 Å². The van der Waals surface area contributed by atoms with Gasteiger partial charge in [-0.1, -0.05) is 74.5 Å². The number of rotatable bonds is 8. The van der Waals surface area contributed by atoms with E-state index in [0.29, 0.717) is 11.8 Å². The number of allylic oxidation sites excluding steroid dienone is 1. The minimum Gasteiger partial charge on any atom is -0.285 e. The molecule has 2 amide bonds. The second kappa shape index (κ2) is 7.95. The summed E-state index contributed by atoms with van der Waals surface area (Å²) in [7, 11) is 1.60. The fraction of sp³-hybridized carbons (Fsp3) is 0.840. The van der Waals surface area contributed by atoms with Gasteiger partial charge in [0.15, 0.2) is 0 Å². The molecule has 1 aliphatic rings. The van der Waals surface area contributed by atoms with Crippen LogP contribution in [0.5, 0.6) is 0 Å². The topological polar surface area (TPSA) is 37.4 Å². The molecule has 0 aromatic rings. The van der Waals surface area contributed by atoms with Crippen LogP contribution >= 0.6 is 0 Å². The fourth-order valence-corrected chi connectivity index (χ4v) is 6.80. The van der Waals surface area contributed by atoms with Gasteiger partial charge < -0.3 is 0 Å². The minimum absolute atomic E-state index is 0.0129. The van der Waals surface area contributed by atoms with E-state index in [9.17, 15) is 9.59 Å². The Morgan fingerprint density at radius 3 is 1.79 bits per heavy atom.